The van der Waals surface area contributed by atoms with Crippen LogP contribution in [0.3, 0.4) is 0 Å². The summed E-state index contributed by atoms with van der Waals surface area (Å²) < 4.78 is 2.33. The van der Waals surface area contributed by atoms with E-state index in [9.17, 15) is 0 Å². The largest absolute Gasteiger partial charge is 0.309 e. The summed E-state index contributed by atoms with van der Waals surface area (Å²) in [5.74, 6) is 2.01. The van der Waals surface area contributed by atoms with E-state index in [1.807, 2.05) is 18.2 Å². The molecule has 0 saturated carbocycles. The Bertz CT molecular complexity index is 2440. The molecule has 0 N–H and O–H groups in total. The highest BCUT2D eigenvalue weighted by Gasteiger charge is 2.38. The third kappa shape index (κ3) is 3.90. The van der Waals surface area contributed by atoms with Gasteiger partial charge in [-0.3, -0.25) is 0 Å². The summed E-state index contributed by atoms with van der Waals surface area (Å²) in [6.45, 7) is 4.61. The zero-order valence-electron chi connectivity index (χ0n) is 25.6. The second-order valence-electron chi connectivity index (χ2n) is 12.5. The zero-order valence-corrected chi connectivity index (χ0v) is 25.6. The molecule has 2 aromatic heterocycles. The van der Waals surface area contributed by atoms with Crippen LogP contribution in [0.25, 0.3) is 72.8 Å². The van der Waals surface area contributed by atoms with Crippen molar-refractivity contribution in [2.24, 2.45) is 0 Å². The molecule has 2 heterocycles. The zero-order chi connectivity index (χ0) is 30.8. The van der Waals surface area contributed by atoms with Crippen LogP contribution in [0.15, 0.2) is 146 Å². The lowest BCUT2D eigenvalue weighted by atomic mass is 9.80. The summed E-state index contributed by atoms with van der Waals surface area (Å²) in [6.07, 6.45) is 0. The molecule has 4 nitrogen and oxygen atoms in total. The van der Waals surface area contributed by atoms with Crippen molar-refractivity contribution in [2.45, 2.75) is 19.3 Å². The summed E-state index contributed by atoms with van der Waals surface area (Å²) in [5, 5.41) is 2.29. The average Bonchev–Trinajstić information content (AvgIpc) is 3.58. The van der Waals surface area contributed by atoms with Gasteiger partial charge in [0.1, 0.15) is 0 Å². The van der Waals surface area contributed by atoms with Crippen LogP contribution in [-0.2, 0) is 5.41 Å². The topological polar surface area (TPSA) is 43.6 Å². The van der Waals surface area contributed by atoms with Gasteiger partial charge in [-0.15, -0.1) is 0 Å². The van der Waals surface area contributed by atoms with E-state index in [1.165, 1.54) is 22.3 Å². The maximum Gasteiger partial charge on any atom is 0.164 e. The van der Waals surface area contributed by atoms with Crippen LogP contribution < -0.4 is 0 Å². The quantitative estimate of drug-likeness (QED) is 0.205. The molecule has 0 unspecified atom stereocenters. The highest BCUT2D eigenvalue weighted by Crippen LogP contribution is 2.51. The molecule has 0 fully saturated rings. The lowest BCUT2D eigenvalue weighted by Crippen LogP contribution is -2.17. The lowest BCUT2D eigenvalue weighted by molar-refractivity contribution is 0.661. The van der Waals surface area contributed by atoms with Gasteiger partial charge in [0.2, 0.25) is 0 Å². The molecule has 8 aromatic rings. The second-order valence-corrected chi connectivity index (χ2v) is 12.5. The molecular weight excluding hydrogens is 560 g/mol. The van der Waals surface area contributed by atoms with Crippen molar-refractivity contribution in [1.29, 1.82) is 0 Å². The molecule has 0 spiro atoms. The van der Waals surface area contributed by atoms with Crippen LogP contribution in [0.2, 0.25) is 0 Å². The standard InChI is InChI=1S/C42H30N4/c1-42(2)34-24-11-9-19-29(34)30-21-13-23-33(38(30)42)41-44-39(27-15-5-3-6-16-27)43-40(45-41)32-22-14-26-36-37(32)31-20-10-12-25-35(31)46(36)28-17-7-4-8-18-28/h3-26H,1-2H3. The van der Waals surface area contributed by atoms with Gasteiger partial charge in [0.15, 0.2) is 17.5 Å². The molecule has 0 aliphatic heterocycles. The molecular formula is C42H30N4. The second kappa shape index (κ2) is 10.1. The van der Waals surface area contributed by atoms with Crippen LogP contribution in [0.1, 0.15) is 25.0 Å². The first-order valence-corrected chi connectivity index (χ1v) is 15.7. The van der Waals surface area contributed by atoms with Gasteiger partial charge < -0.3 is 4.57 Å². The van der Waals surface area contributed by atoms with Gasteiger partial charge in [0, 0.05) is 38.6 Å². The number of hydrogen-bond acceptors (Lipinski definition) is 3. The summed E-state index contributed by atoms with van der Waals surface area (Å²) in [4.78, 5) is 15.7. The first kappa shape index (κ1) is 26.5. The molecule has 46 heavy (non-hydrogen) atoms. The number of aromatic nitrogens is 4. The summed E-state index contributed by atoms with van der Waals surface area (Å²) in [7, 11) is 0. The van der Waals surface area contributed by atoms with Crippen LogP contribution in [-0.4, -0.2) is 19.5 Å². The molecule has 0 bridgehead atoms. The average molecular weight is 591 g/mol. The van der Waals surface area contributed by atoms with Crippen molar-refractivity contribution in [1.82, 2.24) is 19.5 Å². The third-order valence-corrected chi connectivity index (χ3v) is 9.44. The van der Waals surface area contributed by atoms with Crippen molar-refractivity contribution in [3.05, 3.63) is 157 Å². The molecule has 9 rings (SSSR count). The van der Waals surface area contributed by atoms with E-state index in [0.717, 1.165) is 44.2 Å². The minimum atomic E-state index is -0.203. The van der Waals surface area contributed by atoms with Gasteiger partial charge in [-0.25, -0.2) is 15.0 Å². The van der Waals surface area contributed by atoms with Crippen LogP contribution in [0.4, 0.5) is 0 Å². The number of para-hydroxylation sites is 2. The Morgan fingerprint density at radius 1 is 0.457 bits per heavy atom. The maximum absolute atomic E-state index is 5.31. The predicted molar refractivity (Wildman–Crippen MR) is 188 cm³/mol. The minimum absolute atomic E-state index is 0.203. The van der Waals surface area contributed by atoms with Crippen molar-refractivity contribution in [2.75, 3.05) is 0 Å². The Morgan fingerprint density at radius 2 is 1.02 bits per heavy atom. The number of fused-ring (bicyclic) bond motifs is 6. The van der Waals surface area contributed by atoms with E-state index in [0.29, 0.717) is 17.5 Å². The molecule has 4 heteroatoms. The maximum atomic E-state index is 5.31. The van der Waals surface area contributed by atoms with Crippen LogP contribution >= 0.6 is 0 Å². The Morgan fingerprint density at radius 3 is 1.85 bits per heavy atom. The smallest absolute Gasteiger partial charge is 0.164 e. The highest BCUT2D eigenvalue weighted by molar-refractivity contribution is 6.15. The van der Waals surface area contributed by atoms with Crippen LogP contribution in [0.5, 0.6) is 0 Å². The summed E-state index contributed by atoms with van der Waals surface area (Å²) in [5.41, 5.74) is 11.3. The lowest BCUT2D eigenvalue weighted by Gasteiger charge is -2.24. The summed E-state index contributed by atoms with van der Waals surface area (Å²) in [6, 6.07) is 51.1. The number of rotatable bonds is 4. The fourth-order valence-corrected chi connectivity index (χ4v) is 7.43. The highest BCUT2D eigenvalue weighted by atomic mass is 15.0. The Labute approximate surface area is 267 Å². The molecule has 6 aromatic carbocycles. The summed E-state index contributed by atoms with van der Waals surface area (Å²) >= 11 is 0. The molecule has 0 radical (unpaired) electrons. The van der Waals surface area contributed by atoms with Gasteiger partial charge in [-0.1, -0.05) is 135 Å². The normalized spacial score (nSPS) is 13.2. The molecule has 218 valence electrons. The number of nitrogens with zero attached hydrogens (tertiary/aromatic N) is 4. The SMILES string of the molecule is CC1(C)c2ccccc2-c2cccc(-c3nc(-c4ccccc4)nc(-c4cccc5c4c4ccccc4n5-c4ccccc4)n3)c21. The number of hydrogen-bond donors (Lipinski definition) is 0. The minimum Gasteiger partial charge on any atom is -0.309 e. The van der Waals surface area contributed by atoms with Gasteiger partial charge in [-0.05, 0) is 46.5 Å². The first-order valence-electron chi connectivity index (χ1n) is 15.7. The number of benzene rings is 6. The van der Waals surface area contributed by atoms with E-state index < -0.39 is 0 Å². The van der Waals surface area contributed by atoms with E-state index in [1.54, 1.807) is 0 Å². The van der Waals surface area contributed by atoms with Crippen LogP contribution in [0, 0.1) is 0 Å². The Kier molecular flexibility index (Phi) is 5.81. The fourth-order valence-electron chi connectivity index (χ4n) is 7.43. The van der Waals surface area contributed by atoms with Crippen molar-refractivity contribution in [3.8, 4) is 51.0 Å². The Hall–Kier alpha value is -5.87. The first-order chi connectivity index (χ1) is 22.6. The monoisotopic (exact) mass is 590 g/mol. The van der Waals surface area contributed by atoms with Crippen molar-refractivity contribution >= 4 is 21.8 Å². The predicted octanol–water partition coefficient (Wildman–Crippen LogP) is 10.3. The third-order valence-electron chi connectivity index (χ3n) is 9.44. The Balaban J connectivity index is 1.34. The van der Waals surface area contributed by atoms with Gasteiger partial charge in [0.05, 0.1) is 11.0 Å². The van der Waals surface area contributed by atoms with E-state index in [4.69, 9.17) is 15.0 Å². The molecule has 1 aliphatic rings. The van der Waals surface area contributed by atoms with Crippen molar-refractivity contribution in [3.63, 3.8) is 0 Å². The van der Waals surface area contributed by atoms with Gasteiger partial charge in [0.25, 0.3) is 0 Å². The molecule has 0 amide bonds. The molecule has 0 atom stereocenters. The van der Waals surface area contributed by atoms with E-state index >= 15 is 0 Å². The van der Waals surface area contributed by atoms with Gasteiger partial charge in [-0.2, -0.15) is 0 Å². The van der Waals surface area contributed by atoms with Gasteiger partial charge >= 0.3 is 0 Å². The fraction of sp³-hybridized carbons (Fsp3) is 0.0714. The van der Waals surface area contributed by atoms with E-state index in [-0.39, 0.29) is 5.41 Å². The van der Waals surface area contributed by atoms with Crippen molar-refractivity contribution < 1.29 is 0 Å². The molecule has 0 saturated heterocycles. The van der Waals surface area contributed by atoms with E-state index in [2.05, 4.69) is 146 Å². The molecule has 1 aliphatic carbocycles.